The summed E-state index contributed by atoms with van der Waals surface area (Å²) in [6.45, 7) is 1.74. The highest BCUT2D eigenvalue weighted by molar-refractivity contribution is 5.91. The third kappa shape index (κ3) is 1.23. The molecular formula is C12H13FN2O. The van der Waals surface area contributed by atoms with Crippen LogP contribution in [0, 0.1) is 5.82 Å². The van der Waals surface area contributed by atoms with Gasteiger partial charge in [-0.3, -0.25) is 0 Å². The molecule has 0 amide bonds. The topological polar surface area (TPSA) is 37.0 Å². The zero-order valence-corrected chi connectivity index (χ0v) is 9.06. The summed E-state index contributed by atoms with van der Waals surface area (Å²) in [4.78, 5) is 3.33. The molecule has 3 nitrogen and oxygen atoms in total. The summed E-state index contributed by atoms with van der Waals surface area (Å²) in [5.74, 6) is 0.0427. The first kappa shape index (κ1) is 9.66. The van der Waals surface area contributed by atoms with Gasteiger partial charge in [0.1, 0.15) is 0 Å². The van der Waals surface area contributed by atoms with E-state index in [9.17, 15) is 4.39 Å². The third-order valence-corrected chi connectivity index (χ3v) is 3.12. The van der Waals surface area contributed by atoms with Crippen molar-refractivity contribution in [2.24, 2.45) is 0 Å². The number of hydrogen-bond donors (Lipinski definition) is 2. The summed E-state index contributed by atoms with van der Waals surface area (Å²) in [6.07, 6.45) is 0.953. The molecule has 0 atom stereocenters. The van der Waals surface area contributed by atoms with Crippen LogP contribution in [0.5, 0.6) is 5.75 Å². The van der Waals surface area contributed by atoms with Gasteiger partial charge in [-0.2, -0.15) is 0 Å². The normalized spacial score (nSPS) is 15.1. The number of aromatic amines is 1. The van der Waals surface area contributed by atoms with E-state index in [0.29, 0.717) is 5.75 Å². The minimum absolute atomic E-state index is 0.303. The van der Waals surface area contributed by atoms with Gasteiger partial charge in [0.05, 0.1) is 7.11 Å². The van der Waals surface area contributed by atoms with E-state index in [0.717, 1.165) is 36.0 Å². The molecule has 2 aromatic rings. The zero-order valence-electron chi connectivity index (χ0n) is 9.06. The number of ether oxygens (including phenoxy) is 1. The van der Waals surface area contributed by atoms with Gasteiger partial charge in [0.25, 0.3) is 0 Å². The second-order valence-corrected chi connectivity index (χ2v) is 4.01. The maximum absolute atomic E-state index is 13.6. The minimum Gasteiger partial charge on any atom is -0.493 e. The number of hydrogen-bond acceptors (Lipinski definition) is 2. The van der Waals surface area contributed by atoms with Crippen molar-refractivity contribution in [1.82, 2.24) is 10.3 Å². The maximum Gasteiger partial charge on any atom is 0.165 e. The number of fused-ring (bicyclic) bond motifs is 3. The van der Waals surface area contributed by atoms with Gasteiger partial charge in [0.15, 0.2) is 11.6 Å². The van der Waals surface area contributed by atoms with Crippen LogP contribution in [0.1, 0.15) is 11.3 Å². The van der Waals surface area contributed by atoms with E-state index in [2.05, 4.69) is 10.3 Å². The predicted molar refractivity (Wildman–Crippen MR) is 60.2 cm³/mol. The molecule has 0 fully saturated rings. The average Bonchev–Trinajstić information content (AvgIpc) is 2.68. The molecule has 1 aliphatic heterocycles. The van der Waals surface area contributed by atoms with Crippen LogP contribution >= 0.6 is 0 Å². The molecule has 3 rings (SSSR count). The van der Waals surface area contributed by atoms with Gasteiger partial charge in [-0.05, 0) is 17.7 Å². The fourth-order valence-corrected chi connectivity index (χ4v) is 2.38. The highest BCUT2D eigenvalue weighted by atomic mass is 19.1. The molecule has 16 heavy (non-hydrogen) atoms. The Hall–Kier alpha value is -1.55. The van der Waals surface area contributed by atoms with Gasteiger partial charge in [-0.25, -0.2) is 4.39 Å². The number of methoxy groups -OCH3 is 1. The first-order valence-electron chi connectivity index (χ1n) is 5.38. The van der Waals surface area contributed by atoms with Crippen molar-refractivity contribution in [2.45, 2.75) is 13.0 Å². The smallest absolute Gasteiger partial charge is 0.165 e. The Morgan fingerprint density at radius 2 is 2.25 bits per heavy atom. The lowest BCUT2D eigenvalue weighted by Gasteiger charge is -2.13. The summed E-state index contributed by atoms with van der Waals surface area (Å²) >= 11 is 0. The van der Waals surface area contributed by atoms with Crippen LogP contribution in [-0.2, 0) is 13.0 Å². The zero-order chi connectivity index (χ0) is 11.1. The van der Waals surface area contributed by atoms with Crippen molar-refractivity contribution in [3.8, 4) is 5.75 Å². The van der Waals surface area contributed by atoms with E-state index in [-0.39, 0.29) is 5.82 Å². The first-order valence-corrected chi connectivity index (χ1v) is 5.38. The molecule has 84 valence electrons. The molecule has 2 heterocycles. The largest absolute Gasteiger partial charge is 0.493 e. The van der Waals surface area contributed by atoms with Crippen molar-refractivity contribution in [2.75, 3.05) is 13.7 Å². The van der Waals surface area contributed by atoms with Crippen molar-refractivity contribution >= 4 is 10.9 Å². The lowest BCUT2D eigenvalue weighted by Crippen LogP contribution is -2.23. The van der Waals surface area contributed by atoms with E-state index in [1.165, 1.54) is 18.9 Å². The Morgan fingerprint density at radius 3 is 3.06 bits per heavy atom. The lowest BCUT2D eigenvalue weighted by atomic mass is 10.1. The van der Waals surface area contributed by atoms with Gasteiger partial charge in [-0.15, -0.1) is 0 Å². The molecule has 4 heteroatoms. The molecule has 1 aliphatic rings. The summed E-state index contributed by atoms with van der Waals surface area (Å²) < 4.78 is 18.8. The van der Waals surface area contributed by atoms with E-state index < -0.39 is 0 Å². The van der Waals surface area contributed by atoms with Crippen LogP contribution in [0.4, 0.5) is 4.39 Å². The summed E-state index contributed by atoms with van der Waals surface area (Å²) in [7, 11) is 1.51. The first-order chi connectivity index (χ1) is 7.81. The fourth-order valence-electron chi connectivity index (χ4n) is 2.38. The number of halogens is 1. The van der Waals surface area contributed by atoms with Crippen molar-refractivity contribution < 1.29 is 9.13 Å². The fraction of sp³-hybridized carbons (Fsp3) is 0.333. The second-order valence-electron chi connectivity index (χ2n) is 4.01. The molecule has 0 radical (unpaired) electrons. The minimum atomic E-state index is -0.303. The predicted octanol–water partition coefficient (Wildman–Crippen LogP) is 1.96. The average molecular weight is 220 g/mol. The molecule has 0 spiro atoms. The Bertz CT molecular complexity index is 547. The third-order valence-electron chi connectivity index (χ3n) is 3.12. The van der Waals surface area contributed by atoms with Crippen molar-refractivity contribution in [3.63, 3.8) is 0 Å². The molecule has 0 unspecified atom stereocenters. The van der Waals surface area contributed by atoms with E-state index >= 15 is 0 Å². The lowest BCUT2D eigenvalue weighted by molar-refractivity contribution is 0.391. The van der Waals surface area contributed by atoms with Crippen LogP contribution in [0.25, 0.3) is 10.9 Å². The quantitative estimate of drug-likeness (QED) is 0.770. The summed E-state index contributed by atoms with van der Waals surface area (Å²) in [6, 6.07) is 3.21. The highest BCUT2D eigenvalue weighted by Crippen LogP contribution is 2.34. The van der Waals surface area contributed by atoms with Gasteiger partial charge in [0, 0.05) is 36.1 Å². The van der Waals surface area contributed by atoms with Crippen LogP contribution in [0.15, 0.2) is 12.1 Å². The Labute approximate surface area is 92.6 Å². The SMILES string of the molecule is COc1c(F)ccc2[nH]c3c(c12)CNCC3. The molecule has 0 bridgehead atoms. The number of aromatic nitrogens is 1. The number of nitrogens with one attached hydrogen (secondary N) is 2. The Balaban J connectivity index is 2.36. The van der Waals surface area contributed by atoms with Gasteiger partial charge in [-0.1, -0.05) is 0 Å². The number of benzene rings is 1. The molecular weight excluding hydrogens is 207 g/mol. The van der Waals surface area contributed by atoms with Crippen LogP contribution in [-0.4, -0.2) is 18.6 Å². The standard InChI is InChI=1S/C12H13FN2O/c1-16-12-8(13)2-3-10-11(12)7-6-14-5-4-9(7)15-10/h2-3,14-15H,4-6H2,1H3. The molecule has 1 aromatic heterocycles. The van der Waals surface area contributed by atoms with Gasteiger partial charge < -0.3 is 15.0 Å². The highest BCUT2D eigenvalue weighted by Gasteiger charge is 2.19. The van der Waals surface area contributed by atoms with Crippen molar-refractivity contribution in [3.05, 3.63) is 29.2 Å². The molecule has 0 saturated heterocycles. The summed E-state index contributed by atoms with van der Waals surface area (Å²) in [5.41, 5.74) is 3.28. The molecule has 1 aromatic carbocycles. The molecule has 2 N–H and O–H groups in total. The summed E-state index contributed by atoms with van der Waals surface area (Å²) in [5, 5.41) is 4.17. The van der Waals surface area contributed by atoms with Crippen LogP contribution < -0.4 is 10.1 Å². The maximum atomic E-state index is 13.6. The van der Waals surface area contributed by atoms with Gasteiger partial charge in [0.2, 0.25) is 0 Å². The Kier molecular flexibility index (Phi) is 2.11. The van der Waals surface area contributed by atoms with Crippen LogP contribution in [0.3, 0.4) is 0 Å². The Morgan fingerprint density at radius 1 is 1.38 bits per heavy atom. The monoisotopic (exact) mass is 220 g/mol. The molecule has 0 saturated carbocycles. The number of rotatable bonds is 1. The second kappa shape index (κ2) is 3.49. The van der Waals surface area contributed by atoms with E-state index in [4.69, 9.17) is 4.74 Å². The van der Waals surface area contributed by atoms with E-state index in [1.54, 1.807) is 6.07 Å². The van der Waals surface area contributed by atoms with Gasteiger partial charge >= 0.3 is 0 Å². The van der Waals surface area contributed by atoms with Crippen molar-refractivity contribution in [1.29, 1.82) is 0 Å². The number of H-pyrrole nitrogens is 1. The molecule has 0 aliphatic carbocycles. The van der Waals surface area contributed by atoms with E-state index in [1.807, 2.05) is 0 Å². The van der Waals surface area contributed by atoms with Crippen LogP contribution in [0.2, 0.25) is 0 Å².